The number of halogens is 1. The molecule has 34 nitrogen and oxygen atoms in total. The molecule has 0 bridgehead atoms. The van der Waals surface area contributed by atoms with Crippen LogP contribution in [0, 0.1) is 35.5 Å². The van der Waals surface area contributed by atoms with Crippen molar-refractivity contribution in [1.29, 1.82) is 0 Å². The molecule has 0 aliphatic carbocycles. The first-order valence-corrected chi connectivity index (χ1v) is 32.6. The summed E-state index contributed by atoms with van der Waals surface area (Å²) < 4.78 is 24.6. The van der Waals surface area contributed by atoms with Crippen LogP contribution in [0.3, 0.4) is 0 Å². The summed E-state index contributed by atoms with van der Waals surface area (Å²) in [5.41, 5.74) is 18.9. The number of aryl methyl sites for hydroxylation is 2. The maximum absolute atomic E-state index is 13.0. The number of nitrogens with zero attached hydrogens (tertiary/aromatic N) is 13. The number of fused-ring (bicyclic) bond motifs is 2. The average Bonchev–Trinajstić information content (AvgIpc) is 1.77. The van der Waals surface area contributed by atoms with Crippen LogP contribution in [0.1, 0.15) is 129 Å². The molecule has 8 aromatic heterocycles. The minimum absolute atomic E-state index is 0. The molecule has 0 aromatic carbocycles. The molecule has 8 rings (SSSR count). The average molecular weight is 1490 g/mol. The van der Waals surface area contributed by atoms with Gasteiger partial charge in [0.15, 0.2) is 34.4 Å². The number of anilines is 2. The number of carboxylic acid groups (broad SMARTS) is 2. The number of imidazole rings is 2. The van der Waals surface area contributed by atoms with Crippen molar-refractivity contribution in [3.05, 3.63) is 96.7 Å². The predicted octanol–water partition coefficient (Wildman–Crippen LogP) is 7.78. The number of rotatable bonds is 17. The van der Waals surface area contributed by atoms with E-state index < -0.39 is 62.9 Å². The van der Waals surface area contributed by atoms with Gasteiger partial charge in [-0.2, -0.15) is 0 Å². The number of aliphatic carboxylic acids is 1. The van der Waals surface area contributed by atoms with Gasteiger partial charge in [-0.05, 0) is 149 Å². The maximum Gasteiger partial charge on any atom is 0.407 e. The van der Waals surface area contributed by atoms with Crippen molar-refractivity contribution < 1.29 is 66.9 Å². The topological polar surface area (TPSA) is 470 Å². The molecule has 0 aliphatic rings. The fourth-order valence-corrected chi connectivity index (χ4v) is 8.82. The number of hydrogen-bond donors (Lipinski definition) is 9. The number of nitrogens with one attached hydrogen (secondary N) is 4. The van der Waals surface area contributed by atoms with Crippen LogP contribution in [-0.4, -0.2) is 215 Å². The summed E-state index contributed by atoms with van der Waals surface area (Å²) in [5, 5.41) is 28.6. The minimum Gasteiger partial charge on any atom is -0.481 e. The van der Waals surface area contributed by atoms with E-state index in [9.17, 15) is 43.5 Å². The number of carbonyl (C=O) groups excluding carboxylic acids is 6. The van der Waals surface area contributed by atoms with Crippen molar-refractivity contribution in [2.45, 2.75) is 122 Å². The van der Waals surface area contributed by atoms with Crippen molar-refractivity contribution in [1.82, 2.24) is 84.6 Å². The number of amides is 6. The third kappa shape index (κ3) is 26.7. The SMILES string of the molecule is CC(C)(C)OC(=O)NCC(C)(C)C(=O)O.CN(C)C(=O)C(C)(C)CN.CN(C)C(=O)C(C)(C)CNC(=O)OC(C)(C)C.CNC.Cc1cnc2ccc(-c3nc(C(=O)NCC(C)(C)C(=O)N(C)C)c(N)nc3-c3ncco3)cn12.Cc1cnc2ccc(-c3nc(C(=O)O)c(N)nc3-c3ncco3)cn12.Cl. The number of hydrogen-bond acceptors (Lipinski definition) is 24. The van der Waals surface area contributed by atoms with Crippen LogP contribution in [-0.2, 0) is 28.7 Å². The second-order valence-electron chi connectivity index (χ2n) is 28.9. The number of pyridine rings is 2. The van der Waals surface area contributed by atoms with Gasteiger partial charge >= 0.3 is 24.1 Å². The van der Waals surface area contributed by atoms with Crippen molar-refractivity contribution in [3.63, 3.8) is 0 Å². The van der Waals surface area contributed by atoms with Crippen LogP contribution >= 0.6 is 12.4 Å². The van der Waals surface area contributed by atoms with Gasteiger partial charge in [-0.1, -0.05) is 0 Å². The zero-order valence-electron chi connectivity index (χ0n) is 64.5. The minimum atomic E-state index is -1.26. The third-order valence-corrected chi connectivity index (χ3v) is 14.3. The van der Waals surface area contributed by atoms with Gasteiger partial charge in [0, 0.05) is 116 Å². The molecule has 6 amide bonds. The molecular formula is C70H105ClN20O14. The maximum atomic E-state index is 13.0. The Labute approximate surface area is 617 Å². The highest BCUT2D eigenvalue weighted by molar-refractivity contribution is 5.98. The molecule has 0 atom stereocenters. The van der Waals surface area contributed by atoms with Gasteiger partial charge in [0.1, 0.15) is 46.4 Å². The predicted molar refractivity (Wildman–Crippen MR) is 400 cm³/mol. The molecule has 12 N–H and O–H groups in total. The van der Waals surface area contributed by atoms with E-state index in [2.05, 4.69) is 61.1 Å². The number of aromatic carboxylic acids is 1. The van der Waals surface area contributed by atoms with E-state index in [0.717, 1.165) is 22.7 Å². The summed E-state index contributed by atoms with van der Waals surface area (Å²) in [7, 11) is 13.9. The van der Waals surface area contributed by atoms with Crippen LogP contribution < -0.4 is 38.5 Å². The van der Waals surface area contributed by atoms with Gasteiger partial charge in [0.2, 0.25) is 29.5 Å². The van der Waals surface area contributed by atoms with Crippen LogP contribution in [0.25, 0.3) is 57.0 Å². The molecule has 0 saturated heterocycles. The Kier molecular flexibility index (Phi) is 32.7. The Bertz CT molecular complexity index is 4250. The molecule has 0 unspecified atom stereocenters. The highest BCUT2D eigenvalue weighted by Gasteiger charge is 2.34. The van der Waals surface area contributed by atoms with E-state index in [1.54, 1.807) is 147 Å². The molecule has 0 saturated carbocycles. The van der Waals surface area contributed by atoms with Crippen LogP contribution in [0.15, 0.2) is 82.8 Å². The van der Waals surface area contributed by atoms with Crippen molar-refractivity contribution in [2.24, 2.45) is 27.4 Å². The standard InChI is InChI=1S/C23H26N8O3.C16H12N6O3.C12H24N2O3.C10H19NO4.C7H16N2O.C2H7N.ClH/c1-13-10-26-15-7-6-14(11-31(13)15)16-17(21-25-8-9-34-21)29-19(24)18(28-16)20(32)27-12-23(2,3)22(33)30(4)5;1-8-6-19-10-3-2-9(7-22(8)10)11-12(15-18-4-5-25-15)21-14(17)13(20-11)16(23)24;1-11(2,3)17-10(16)13-8-12(4,5)9(15)14(6)7;1-9(2,3)15-8(14)11-6-10(4,5)7(12)13;1-7(2,5-8)6(10)9(3)4;1-3-2;/h6-11H,12H2,1-5H3,(H2,24,29)(H,27,32);2-7H,1H3,(H2,17,21)(H,23,24);8H2,1-7H3,(H,13,16);6H2,1-5H3,(H,11,14)(H,12,13);5,8H2,1-4H3;3H,1-2H3;1H. The first kappa shape index (κ1) is 90.2. The number of ether oxygens (including phenoxy) is 2. The lowest BCUT2D eigenvalue weighted by Gasteiger charge is -2.28. The Morgan fingerprint density at radius 3 is 1.16 bits per heavy atom. The zero-order chi connectivity index (χ0) is 79.4. The van der Waals surface area contributed by atoms with Crippen molar-refractivity contribution in [3.8, 4) is 45.7 Å². The second-order valence-corrected chi connectivity index (χ2v) is 28.9. The number of carboxylic acids is 2. The Morgan fingerprint density at radius 2 is 0.848 bits per heavy atom. The number of carbonyl (C=O) groups is 8. The van der Waals surface area contributed by atoms with Gasteiger partial charge < -0.3 is 90.5 Å². The summed E-state index contributed by atoms with van der Waals surface area (Å²) in [5.74, 6) is -2.68. The molecule has 0 aliphatic heterocycles. The smallest absolute Gasteiger partial charge is 0.407 e. The fourth-order valence-electron chi connectivity index (χ4n) is 8.82. The molecule has 576 valence electrons. The molecule has 0 fully saturated rings. The number of oxazole rings is 2. The van der Waals surface area contributed by atoms with E-state index in [1.807, 2.05) is 68.9 Å². The summed E-state index contributed by atoms with van der Waals surface area (Å²) in [6.45, 7) is 29.1. The molecule has 8 aromatic rings. The first-order valence-electron chi connectivity index (χ1n) is 32.6. The van der Waals surface area contributed by atoms with E-state index in [4.69, 9.17) is 40.6 Å². The van der Waals surface area contributed by atoms with E-state index in [0.29, 0.717) is 34.8 Å². The zero-order valence-corrected chi connectivity index (χ0v) is 65.3. The molecular weight excluding hydrogens is 1380 g/mol. The van der Waals surface area contributed by atoms with Gasteiger partial charge in [0.05, 0.1) is 34.1 Å². The van der Waals surface area contributed by atoms with Crippen LogP contribution in [0.2, 0.25) is 0 Å². The quantitative estimate of drug-likeness (QED) is 0.0420. The molecule has 8 heterocycles. The lowest BCUT2D eigenvalue weighted by molar-refractivity contribution is -0.146. The van der Waals surface area contributed by atoms with Gasteiger partial charge in [-0.3, -0.25) is 24.0 Å². The van der Waals surface area contributed by atoms with E-state index in [-0.39, 0.29) is 90.3 Å². The number of alkyl carbamates (subject to hydrolysis) is 2. The second kappa shape index (κ2) is 38.1. The third-order valence-electron chi connectivity index (χ3n) is 14.3. The lowest BCUT2D eigenvalue weighted by atomic mass is 9.91. The highest BCUT2D eigenvalue weighted by Crippen LogP contribution is 2.33. The lowest BCUT2D eigenvalue weighted by Crippen LogP contribution is -2.45. The molecule has 0 spiro atoms. The Morgan fingerprint density at radius 1 is 0.505 bits per heavy atom. The Balaban J connectivity index is 0.000000467. The van der Waals surface area contributed by atoms with Crippen molar-refractivity contribution >= 4 is 83.1 Å². The summed E-state index contributed by atoms with van der Waals surface area (Å²) >= 11 is 0. The van der Waals surface area contributed by atoms with Gasteiger partial charge in [0.25, 0.3) is 5.91 Å². The molecule has 35 heteroatoms. The number of aromatic nitrogens is 10. The fraction of sp³-hybridized carbons (Fsp3) is 0.486. The largest absolute Gasteiger partial charge is 0.481 e. The van der Waals surface area contributed by atoms with Crippen LogP contribution in [0.5, 0.6) is 0 Å². The van der Waals surface area contributed by atoms with E-state index >= 15 is 0 Å². The normalized spacial score (nSPS) is 11.3. The summed E-state index contributed by atoms with van der Waals surface area (Å²) in [4.78, 5) is 132. The highest BCUT2D eigenvalue weighted by atomic mass is 35.5. The molecule has 105 heavy (non-hydrogen) atoms. The monoisotopic (exact) mass is 1480 g/mol. The number of nitrogens with two attached hydrogens (primary N) is 3. The molecule has 0 radical (unpaired) electrons. The first-order chi connectivity index (χ1) is 48.0. The van der Waals surface area contributed by atoms with Gasteiger partial charge in [-0.25, -0.2) is 54.3 Å². The van der Waals surface area contributed by atoms with Crippen LogP contribution in [0.4, 0.5) is 21.2 Å². The number of nitrogen functional groups attached to an aromatic ring is 2. The Hall–Kier alpha value is -10.9. The van der Waals surface area contributed by atoms with Gasteiger partial charge in [-0.15, -0.1) is 12.4 Å². The summed E-state index contributed by atoms with van der Waals surface area (Å²) in [6, 6.07) is 7.25. The van der Waals surface area contributed by atoms with E-state index in [1.165, 1.54) is 48.6 Å². The van der Waals surface area contributed by atoms with Crippen molar-refractivity contribution in [2.75, 3.05) is 94.0 Å². The summed E-state index contributed by atoms with van der Waals surface area (Å²) in [6.07, 6.45) is 11.8.